The van der Waals surface area contributed by atoms with Gasteiger partial charge in [0.2, 0.25) is 0 Å². The third-order valence-electron chi connectivity index (χ3n) is 3.60. The average molecular weight is 361 g/mol. The minimum atomic E-state index is -0.598. The molecule has 6 heteroatoms. The number of hydrogen-bond acceptors (Lipinski definition) is 4. The summed E-state index contributed by atoms with van der Waals surface area (Å²) in [6.07, 6.45) is -1.15. The van der Waals surface area contributed by atoms with Crippen LogP contribution in [0.5, 0.6) is 0 Å². The first-order valence-electron chi connectivity index (χ1n) is 8.61. The van der Waals surface area contributed by atoms with Crippen LogP contribution < -0.4 is 4.90 Å². The fourth-order valence-electron chi connectivity index (χ4n) is 2.38. The minimum absolute atomic E-state index is 0.140. The van der Waals surface area contributed by atoms with Crippen molar-refractivity contribution in [3.05, 3.63) is 66.0 Å². The van der Waals surface area contributed by atoms with Crippen molar-refractivity contribution in [3.8, 4) is 0 Å². The molecule has 0 bridgehead atoms. The summed E-state index contributed by atoms with van der Waals surface area (Å²) in [6.45, 7) is 4.87. The predicted octanol–water partition coefficient (Wildman–Crippen LogP) is 4.37. The molecule has 1 amide bonds. The zero-order valence-corrected chi connectivity index (χ0v) is 15.1. The van der Waals surface area contributed by atoms with Crippen LogP contribution in [0.25, 0.3) is 0 Å². The van der Waals surface area contributed by atoms with E-state index in [0.717, 1.165) is 5.56 Å². The molecule has 0 aliphatic carbocycles. The number of benzene rings is 2. The van der Waals surface area contributed by atoms with E-state index in [9.17, 15) is 9.18 Å². The first kappa shape index (κ1) is 19.9. The summed E-state index contributed by atoms with van der Waals surface area (Å²) in [7, 11) is 0. The summed E-state index contributed by atoms with van der Waals surface area (Å²) >= 11 is 0. The van der Waals surface area contributed by atoms with Gasteiger partial charge in [0.25, 0.3) is 0 Å². The molecule has 0 saturated carbocycles. The Morgan fingerprint density at radius 3 is 2.19 bits per heavy atom. The topological polar surface area (TPSA) is 48.0 Å². The standard InChI is InChI=1S/C20H24FNO4/c1-3-24-19(25-4-2)14-22(18-12-10-17(21)11-13-18)20(23)26-15-16-8-6-5-7-9-16/h5-13,19H,3-4,14-15H2,1-2H3. The van der Waals surface area contributed by atoms with Crippen molar-refractivity contribution in [1.29, 1.82) is 0 Å². The zero-order chi connectivity index (χ0) is 18.8. The SMILES string of the molecule is CCOC(CN(C(=O)OCc1ccccc1)c1ccc(F)cc1)OCC. The maximum atomic E-state index is 13.2. The van der Waals surface area contributed by atoms with E-state index in [2.05, 4.69) is 0 Å². The molecule has 0 N–H and O–H groups in total. The lowest BCUT2D eigenvalue weighted by Crippen LogP contribution is -2.40. The van der Waals surface area contributed by atoms with Gasteiger partial charge in [0.1, 0.15) is 12.4 Å². The monoisotopic (exact) mass is 361 g/mol. The highest BCUT2D eigenvalue weighted by molar-refractivity contribution is 5.87. The van der Waals surface area contributed by atoms with E-state index in [0.29, 0.717) is 18.9 Å². The quantitative estimate of drug-likeness (QED) is 0.623. The maximum absolute atomic E-state index is 13.2. The lowest BCUT2D eigenvalue weighted by atomic mass is 10.2. The van der Waals surface area contributed by atoms with Crippen LogP contribution in [0.2, 0.25) is 0 Å². The number of halogens is 1. The molecule has 0 aliphatic heterocycles. The van der Waals surface area contributed by atoms with Gasteiger partial charge in [-0.05, 0) is 43.7 Å². The summed E-state index contributed by atoms with van der Waals surface area (Å²) in [5.74, 6) is -0.377. The minimum Gasteiger partial charge on any atom is -0.444 e. The van der Waals surface area contributed by atoms with Crippen LogP contribution in [0.1, 0.15) is 19.4 Å². The molecule has 0 aromatic heterocycles. The van der Waals surface area contributed by atoms with Gasteiger partial charge in [-0.2, -0.15) is 0 Å². The molecular weight excluding hydrogens is 337 g/mol. The molecule has 2 aromatic carbocycles. The molecule has 140 valence electrons. The van der Waals surface area contributed by atoms with Crippen LogP contribution >= 0.6 is 0 Å². The molecule has 2 aromatic rings. The van der Waals surface area contributed by atoms with E-state index >= 15 is 0 Å². The van der Waals surface area contributed by atoms with E-state index in [1.54, 1.807) is 0 Å². The fraction of sp³-hybridized carbons (Fsp3) is 0.350. The van der Waals surface area contributed by atoms with E-state index < -0.39 is 12.4 Å². The van der Waals surface area contributed by atoms with E-state index in [1.807, 2.05) is 44.2 Å². The van der Waals surface area contributed by atoms with Crippen LogP contribution in [-0.4, -0.2) is 32.1 Å². The summed E-state index contributed by atoms with van der Waals surface area (Å²) < 4.78 is 29.7. The molecule has 0 radical (unpaired) electrons. The molecule has 5 nitrogen and oxygen atoms in total. The second-order valence-corrected chi connectivity index (χ2v) is 5.47. The summed E-state index contributed by atoms with van der Waals surface area (Å²) in [6, 6.07) is 15.0. The lowest BCUT2D eigenvalue weighted by molar-refractivity contribution is -0.129. The molecule has 0 saturated heterocycles. The third-order valence-corrected chi connectivity index (χ3v) is 3.60. The number of anilines is 1. The number of amides is 1. The fourth-order valence-corrected chi connectivity index (χ4v) is 2.38. The van der Waals surface area contributed by atoms with E-state index in [4.69, 9.17) is 14.2 Å². The molecule has 26 heavy (non-hydrogen) atoms. The molecule has 0 atom stereocenters. The third kappa shape index (κ3) is 6.13. The van der Waals surface area contributed by atoms with Crippen molar-refractivity contribution >= 4 is 11.8 Å². The Kier molecular flexibility index (Phi) is 8.05. The second kappa shape index (κ2) is 10.5. The van der Waals surface area contributed by atoms with Crippen molar-refractivity contribution in [2.75, 3.05) is 24.7 Å². The molecule has 2 rings (SSSR count). The van der Waals surface area contributed by atoms with Crippen molar-refractivity contribution in [3.63, 3.8) is 0 Å². The summed E-state index contributed by atoms with van der Waals surface area (Å²) in [4.78, 5) is 14.0. The predicted molar refractivity (Wildman–Crippen MR) is 97.4 cm³/mol. The van der Waals surface area contributed by atoms with Gasteiger partial charge >= 0.3 is 6.09 Å². The van der Waals surface area contributed by atoms with Gasteiger partial charge < -0.3 is 14.2 Å². The Bertz CT molecular complexity index is 657. The van der Waals surface area contributed by atoms with Gasteiger partial charge in [-0.3, -0.25) is 4.90 Å². The molecule has 0 unspecified atom stereocenters. The highest BCUT2D eigenvalue weighted by atomic mass is 19.1. The Morgan fingerprint density at radius 1 is 1.00 bits per heavy atom. The van der Waals surface area contributed by atoms with Gasteiger partial charge in [-0.1, -0.05) is 30.3 Å². The molecule has 0 spiro atoms. The van der Waals surface area contributed by atoms with Gasteiger partial charge in [-0.15, -0.1) is 0 Å². The largest absolute Gasteiger partial charge is 0.444 e. The highest BCUT2D eigenvalue weighted by Gasteiger charge is 2.23. The second-order valence-electron chi connectivity index (χ2n) is 5.47. The Balaban J connectivity index is 2.12. The lowest BCUT2D eigenvalue weighted by Gasteiger charge is -2.27. The normalized spacial score (nSPS) is 10.8. The Morgan fingerprint density at radius 2 is 1.62 bits per heavy atom. The van der Waals surface area contributed by atoms with Crippen LogP contribution in [0.15, 0.2) is 54.6 Å². The van der Waals surface area contributed by atoms with Gasteiger partial charge in [-0.25, -0.2) is 9.18 Å². The first-order chi connectivity index (χ1) is 12.6. The zero-order valence-electron chi connectivity index (χ0n) is 15.1. The van der Waals surface area contributed by atoms with Crippen molar-refractivity contribution in [2.24, 2.45) is 0 Å². The maximum Gasteiger partial charge on any atom is 0.414 e. The number of hydrogen-bond donors (Lipinski definition) is 0. The first-order valence-corrected chi connectivity index (χ1v) is 8.61. The number of carbonyl (C=O) groups excluding carboxylic acids is 1. The van der Waals surface area contributed by atoms with Gasteiger partial charge in [0.05, 0.1) is 6.54 Å². The molecular formula is C20H24FNO4. The molecule has 0 fully saturated rings. The van der Waals surface area contributed by atoms with Crippen LogP contribution in [-0.2, 0) is 20.8 Å². The van der Waals surface area contributed by atoms with Gasteiger partial charge in [0.15, 0.2) is 6.29 Å². The smallest absolute Gasteiger partial charge is 0.414 e. The Labute approximate surface area is 153 Å². The average Bonchev–Trinajstić information content (AvgIpc) is 2.66. The van der Waals surface area contributed by atoms with E-state index in [-0.39, 0.29) is 19.0 Å². The Hall–Kier alpha value is -2.44. The van der Waals surface area contributed by atoms with Crippen LogP contribution in [0, 0.1) is 5.82 Å². The number of nitrogens with zero attached hydrogens (tertiary/aromatic N) is 1. The van der Waals surface area contributed by atoms with Crippen LogP contribution in [0.3, 0.4) is 0 Å². The van der Waals surface area contributed by atoms with Crippen molar-refractivity contribution < 1.29 is 23.4 Å². The van der Waals surface area contributed by atoms with Crippen molar-refractivity contribution in [2.45, 2.75) is 26.7 Å². The number of rotatable bonds is 9. The van der Waals surface area contributed by atoms with Crippen molar-refractivity contribution in [1.82, 2.24) is 0 Å². The molecule has 0 aliphatic rings. The summed E-state index contributed by atoms with van der Waals surface area (Å²) in [5.41, 5.74) is 1.39. The van der Waals surface area contributed by atoms with Gasteiger partial charge in [0, 0.05) is 18.9 Å². The number of ether oxygens (including phenoxy) is 3. The summed E-state index contributed by atoms with van der Waals surface area (Å²) in [5, 5.41) is 0. The van der Waals surface area contributed by atoms with E-state index in [1.165, 1.54) is 29.2 Å². The van der Waals surface area contributed by atoms with Crippen LogP contribution in [0.4, 0.5) is 14.9 Å². The number of carbonyl (C=O) groups is 1. The molecule has 0 heterocycles. The highest BCUT2D eigenvalue weighted by Crippen LogP contribution is 2.18.